The van der Waals surface area contributed by atoms with Gasteiger partial charge in [-0.15, -0.1) is 0 Å². The van der Waals surface area contributed by atoms with Gasteiger partial charge in [-0.05, 0) is 25.8 Å². The summed E-state index contributed by atoms with van der Waals surface area (Å²) in [5, 5.41) is 8.06. The van der Waals surface area contributed by atoms with E-state index in [2.05, 4.69) is 10.4 Å². The maximum atomic E-state index is 13.9. The molecular formula is C15H17ClFN3. The molecule has 0 amide bonds. The van der Waals surface area contributed by atoms with Crippen molar-refractivity contribution < 1.29 is 4.39 Å². The molecule has 1 fully saturated rings. The third-order valence-corrected chi connectivity index (χ3v) is 3.86. The minimum absolute atomic E-state index is 0.155. The zero-order valence-electron chi connectivity index (χ0n) is 11.4. The highest BCUT2D eigenvalue weighted by atomic mass is 35.5. The molecule has 106 valence electrons. The molecule has 1 N–H and O–H groups in total. The molecule has 3 nitrogen and oxygen atoms in total. The summed E-state index contributed by atoms with van der Waals surface area (Å²) in [6.07, 6.45) is 4.51. The van der Waals surface area contributed by atoms with Crippen molar-refractivity contribution in [3.05, 3.63) is 52.1 Å². The second-order valence-electron chi connectivity index (χ2n) is 5.31. The number of hydrogen-bond donors (Lipinski definition) is 1. The van der Waals surface area contributed by atoms with E-state index >= 15 is 0 Å². The van der Waals surface area contributed by atoms with Gasteiger partial charge in [-0.3, -0.25) is 4.68 Å². The molecule has 0 bridgehead atoms. The van der Waals surface area contributed by atoms with Crippen LogP contribution in [0.5, 0.6) is 0 Å². The average molecular weight is 294 g/mol. The first-order valence-corrected chi connectivity index (χ1v) is 7.20. The lowest BCUT2D eigenvalue weighted by atomic mass is 10.2. The summed E-state index contributed by atoms with van der Waals surface area (Å²) in [5.74, 6) is -0.361. The van der Waals surface area contributed by atoms with Crippen molar-refractivity contribution in [1.29, 1.82) is 0 Å². The molecule has 1 saturated carbocycles. The van der Waals surface area contributed by atoms with Crippen molar-refractivity contribution in [2.75, 3.05) is 0 Å². The fraction of sp³-hybridized carbons (Fsp3) is 0.400. The van der Waals surface area contributed by atoms with Crippen LogP contribution in [-0.2, 0) is 13.1 Å². The Balaban J connectivity index is 1.73. The first-order valence-electron chi connectivity index (χ1n) is 6.82. The van der Waals surface area contributed by atoms with Gasteiger partial charge in [-0.25, -0.2) is 4.39 Å². The standard InChI is InChI=1S/C15H17ClFN3/c1-10-12(7-18-13-5-6-13)9-20(19-10)8-11-3-2-4-14(16)15(11)17/h2-4,9,13,18H,5-8H2,1H3. The number of nitrogens with zero attached hydrogens (tertiary/aromatic N) is 2. The molecule has 1 aromatic heterocycles. The van der Waals surface area contributed by atoms with Gasteiger partial charge < -0.3 is 5.32 Å². The molecule has 0 radical (unpaired) electrons. The van der Waals surface area contributed by atoms with E-state index in [4.69, 9.17) is 11.6 Å². The molecule has 0 unspecified atom stereocenters. The van der Waals surface area contributed by atoms with E-state index in [0.717, 1.165) is 12.2 Å². The summed E-state index contributed by atoms with van der Waals surface area (Å²) in [7, 11) is 0. The van der Waals surface area contributed by atoms with Crippen LogP contribution in [0.2, 0.25) is 5.02 Å². The third kappa shape index (κ3) is 3.02. The van der Waals surface area contributed by atoms with Gasteiger partial charge in [0.25, 0.3) is 0 Å². The van der Waals surface area contributed by atoms with E-state index in [-0.39, 0.29) is 10.8 Å². The van der Waals surface area contributed by atoms with Crippen molar-refractivity contribution in [3.8, 4) is 0 Å². The molecule has 1 aliphatic rings. The zero-order chi connectivity index (χ0) is 14.1. The molecule has 1 aliphatic carbocycles. The van der Waals surface area contributed by atoms with Crippen molar-refractivity contribution >= 4 is 11.6 Å². The fourth-order valence-electron chi connectivity index (χ4n) is 2.20. The van der Waals surface area contributed by atoms with Crippen LogP contribution in [0.4, 0.5) is 4.39 Å². The summed E-state index contributed by atoms with van der Waals surface area (Å²) < 4.78 is 15.6. The van der Waals surface area contributed by atoms with Gasteiger partial charge in [0.2, 0.25) is 0 Å². The summed E-state index contributed by atoms with van der Waals surface area (Å²) in [4.78, 5) is 0. The maximum absolute atomic E-state index is 13.9. The van der Waals surface area contributed by atoms with Crippen molar-refractivity contribution in [2.24, 2.45) is 0 Å². The normalized spacial score (nSPS) is 14.8. The molecule has 0 spiro atoms. The topological polar surface area (TPSA) is 29.9 Å². The number of rotatable bonds is 5. The van der Waals surface area contributed by atoms with Crippen LogP contribution in [0, 0.1) is 12.7 Å². The molecule has 1 heterocycles. The zero-order valence-corrected chi connectivity index (χ0v) is 12.1. The van der Waals surface area contributed by atoms with E-state index < -0.39 is 0 Å². The van der Waals surface area contributed by atoms with Crippen molar-refractivity contribution in [1.82, 2.24) is 15.1 Å². The highest BCUT2D eigenvalue weighted by molar-refractivity contribution is 6.30. The van der Waals surface area contributed by atoms with Crippen LogP contribution < -0.4 is 5.32 Å². The number of benzene rings is 1. The van der Waals surface area contributed by atoms with Crippen molar-refractivity contribution in [3.63, 3.8) is 0 Å². The lowest BCUT2D eigenvalue weighted by molar-refractivity contribution is 0.584. The maximum Gasteiger partial charge on any atom is 0.146 e. The number of nitrogens with one attached hydrogen (secondary N) is 1. The summed E-state index contributed by atoms with van der Waals surface area (Å²) in [5.41, 5.74) is 2.71. The van der Waals surface area contributed by atoms with Gasteiger partial charge in [0.1, 0.15) is 5.82 Å². The highest BCUT2D eigenvalue weighted by Crippen LogP contribution is 2.21. The Morgan fingerprint density at radius 2 is 2.20 bits per heavy atom. The third-order valence-electron chi connectivity index (χ3n) is 3.57. The number of halogens is 2. The van der Waals surface area contributed by atoms with Gasteiger partial charge in [-0.2, -0.15) is 5.10 Å². The smallest absolute Gasteiger partial charge is 0.146 e. The molecule has 0 saturated heterocycles. The van der Waals surface area contributed by atoms with Gasteiger partial charge in [0.15, 0.2) is 0 Å². The summed E-state index contributed by atoms with van der Waals surface area (Å²) in [6.45, 7) is 3.21. The van der Waals surface area contributed by atoms with E-state index in [1.165, 1.54) is 18.4 Å². The predicted octanol–water partition coefficient (Wildman–Crippen LogP) is 3.28. The monoisotopic (exact) mass is 293 g/mol. The second-order valence-corrected chi connectivity index (χ2v) is 5.71. The molecule has 3 rings (SSSR count). The SMILES string of the molecule is Cc1nn(Cc2cccc(Cl)c2F)cc1CNC1CC1. The van der Waals surface area contributed by atoms with E-state index in [1.54, 1.807) is 22.9 Å². The quantitative estimate of drug-likeness (QED) is 0.917. The largest absolute Gasteiger partial charge is 0.310 e. The fourth-order valence-corrected chi connectivity index (χ4v) is 2.39. The predicted molar refractivity (Wildman–Crippen MR) is 77.3 cm³/mol. The molecule has 2 aromatic rings. The Labute approximate surface area is 122 Å². The molecule has 0 atom stereocenters. The molecular weight excluding hydrogens is 277 g/mol. The number of aromatic nitrogens is 2. The first-order chi connectivity index (χ1) is 9.63. The van der Waals surface area contributed by atoms with Crippen LogP contribution in [0.25, 0.3) is 0 Å². The molecule has 20 heavy (non-hydrogen) atoms. The average Bonchev–Trinajstić information content (AvgIpc) is 3.18. The van der Waals surface area contributed by atoms with Gasteiger partial charge in [0.05, 0.1) is 17.3 Å². The van der Waals surface area contributed by atoms with Crippen LogP contribution in [0.15, 0.2) is 24.4 Å². The molecule has 5 heteroatoms. The Morgan fingerprint density at radius 1 is 1.40 bits per heavy atom. The summed E-state index contributed by atoms with van der Waals surface area (Å²) >= 11 is 5.79. The first kappa shape index (κ1) is 13.6. The highest BCUT2D eigenvalue weighted by Gasteiger charge is 2.20. The number of aryl methyl sites for hydroxylation is 1. The Hall–Kier alpha value is -1.39. The summed E-state index contributed by atoms with van der Waals surface area (Å²) in [6, 6.07) is 5.72. The minimum Gasteiger partial charge on any atom is -0.310 e. The second kappa shape index (κ2) is 5.54. The van der Waals surface area contributed by atoms with Crippen LogP contribution in [0.1, 0.15) is 29.7 Å². The Kier molecular flexibility index (Phi) is 3.76. The van der Waals surface area contributed by atoms with Crippen LogP contribution in [0.3, 0.4) is 0 Å². The minimum atomic E-state index is -0.361. The van der Waals surface area contributed by atoms with Gasteiger partial charge >= 0.3 is 0 Å². The van der Waals surface area contributed by atoms with E-state index in [0.29, 0.717) is 18.2 Å². The molecule has 0 aliphatic heterocycles. The van der Waals surface area contributed by atoms with Crippen LogP contribution in [-0.4, -0.2) is 15.8 Å². The van der Waals surface area contributed by atoms with Gasteiger partial charge in [-0.1, -0.05) is 23.7 Å². The van der Waals surface area contributed by atoms with Crippen molar-refractivity contribution in [2.45, 2.75) is 38.9 Å². The van der Waals surface area contributed by atoms with Crippen LogP contribution >= 0.6 is 11.6 Å². The Bertz CT molecular complexity index is 620. The molecule has 1 aromatic carbocycles. The van der Waals surface area contributed by atoms with E-state index in [9.17, 15) is 4.39 Å². The Morgan fingerprint density at radius 3 is 2.95 bits per heavy atom. The number of hydrogen-bond acceptors (Lipinski definition) is 2. The lowest BCUT2D eigenvalue weighted by Gasteiger charge is -2.04. The lowest BCUT2D eigenvalue weighted by Crippen LogP contribution is -2.15. The van der Waals surface area contributed by atoms with Gasteiger partial charge in [0, 0.05) is 29.9 Å². The van der Waals surface area contributed by atoms with E-state index in [1.807, 2.05) is 13.1 Å².